The summed E-state index contributed by atoms with van der Waals surface area (Å²) in [4.78, 5) is 65.6. The molecule has 2 heterocycles. The Morgan fingerprint density at radius 3 is 2.43 bits per heavy atom. The first-order valence-corrected chi connectivity index (χ1v) is 10.8. The van der Waals surface area contributed by atoms with Gasteiger partial charge in [0.05, 0.1) is 24.5 Å². The van der Waals surface area contributed by atoms with Gasteiger partial charge in [0.25, 0.3) is 11.5 Å². The second-order valence-corrected chi connectivity index (χ2v) is 7.85. The molecule has 0 aliphatic rings. The Morgan fingerprint density at radius 2 is 1.83 bits per heavy atom. The lowest BCUT2D eigenvalue weighted by Gasteiger charge is -2.19. The molecule has 3 N–H and O–H groups in total. The van der Waals surface area contributed by atoms with Crippen molar-refractivity contribution in [2.45, 2.75) is 46.7 Å². The Labute approximate surface area is 203 Å². The Kier molecular flexibility index (Phi) is 9.15. The van der Waals surface area contributed by atoms with Crippen LogP contribution in [0.1, 0.15) is 50.2 Å². The third-order valence-corrected chi connectivity index (χ3v) is 5.21. The van der Waals surface area contributed by atoms with Gasteiger partial charge in [-0.2, -0.15) is 4.98 Å². The fourth-order valence-corrected chi connectivity index (χ4v) is 3.37. The Balaban J connectivity index is 0.00000432. The number of carbonyl (C=O) groups excluding carboxylic acids is 3. The molecule has 0 fully saturated rings. The maximum Gasteiger partial charge on any atom is 0.280 e. The number of H-pyrrole nitrogens is 1. The predicted molar refractivity (Wildman–Crippen MR) is 135 cm³/mol. The molecule has 11 nitrogen and oxygen atoms in total. The number of carbonyl (C=O) groups is 3. The number of nitrogens with one attached hydrogen (secondary N) is 3. The average molecular weight is 482 g/mol. The predicted octanol–water partition coefficient (Wildman–Crippen LogP) is 2.08. The smallest absolute Gasteiger partial charge is 0.280 e. The highest BCUT2D eigenvalue weighted by atomic mass is 16.2. The summed E-state index contributed by atoms with van der Waals surface area (Å²) in [6.45, 7) is 3.45. The number of aromatic amines is 1. The lowest BCUT2D eigenvalue weighted by Crippen LogP contribution is -2.41. The molecule has 186 valence electrons. The van der Waals surface area contributed by atoms with Crippen molar-refractivity contribution in [1.82, 2.24) is 25.3 Å². The highest BCUT2D eigenvalue weighted by Crippen LogP contribution is 2.17. The van der Waals surface area contributed by atoms with E-state index in [9.17, 15) is 19.2 Å². The lowest BCUT2D eigenvalue weighted by molar-refractivity contribution is -0.124. The van der Waals surface area contributed by atoms with E-state index in [-0.39, 0.29) is 48.6 Å². The Bertz CT molecular complexity index is 1270. The molecule has 0 saturated carbocycles. The fourth-order valence-electron chi connectivity index (χ4n) is 3.37. The summed E-state index contributed by atoms with van der Waals surface area (Å²) >= 11 is 0. The number of hydrogen-bond donors (Lipinski definition) is 3. The first-order chi connectivity index (χ1) is 16.2. The number of Topliss-reactive ketones (excluding diaryl/α,β-unsaturated/α-hetero) is 2. The van der Waals surface area contributed by atoms with E-state index >= 15 is 0 Å². The largest absolute Gasteiger partial charge is 0.369 e. The first-order valence-electron chi connectivity index (χ1n) is 10.8. The lowest BCUT2D eigenvalue weighted by atomic mass is 10.0. The van der Waals surface area contributed by atoms with E-state index in [0.717, 1.165) is 5.69 Å². The molecule has 11 heteroatoms. The van der Waals surface area contributed by atoms with Crippen molar-refractivity contribution in [2.24, 2.45) is 0 Å². The first kappa shape index (κ1) is 27.1. The molecule has 1 aromatic carbocycles. The van der Waals surface area contributed by atoms with Gasteiger partial charge in [-0.15, -0.1) is 0 Å². The average Bonchev–Trinajstić information content (AvgIpc) is 2.83. The van der Waals surface area contributed by atoms with Crippen LogP contribution in [0, 0.1) is 0 Å². The van der Waals surface area contributed by atoms with Crippen LogP contribution in [-0.4, -0.2) is 57.5 Å². The third kappa shape index (κ3) is 6.69. The molecule has 0 aliphatic heterocycles. The van der Waals surface area contributed by atoms with Gasteiger partial charge >= 0.3 is 0 Å². The maximum absolute atomic E-state index is 12.6. The van der Waals surface area contributed by atoms with E-state index in [1.54, 1.807) is 44.4 Å². The zero-order chi connectivity index (χ0) is 24.8. The molecule has 0 spiro atoms. The van der Waals surface area contributed by atoms with Crippen LogP contribution < -0.4 is 21.1 Å². The Hall–Kier alpha value is -4.15. The fraction of sp³-hybridized carbons (Fsp3) is 0.375. The summed E-state index contributed by atoms with van der Waals surface area (Å²) in [6, 6.07) is 5.98. The molecule has 35 heavy (non-hydrogen) atoms. The van der Waals surface area contributed by atoms with Gasteiger partial charge in [0.15, 0.2) is 16.9 Å². The monoisotopic (exact) mass is 481 g/mol. The molecule has 0 radical (unpaired) electrons. The third-order valence-electron chi connectivity index (χ3n) is 5.21. The van der Waals surface area contributed by atoms with Gasteiger partial charge in [-0.05, 0) is 31.2 Å². The molecule has 3 rings (SSSR count). The number of hydrogen-bond acceptors (Lipinski definition) is 9. The van der Waals surface area contributed by atoms with Crippen LogP contribution in [0.5, 0.6) is 0 Å². The second kappa shape index (κ2) is 11.8. The Morgan fingerprint density at radius 1 is 1.14 bits per heavy atom. The van der Waals surface area contributed by atoms with Gasteiger partial charge in [-0.3, -0.25) is 24.2 Å². The maximum atomic E-state index is 12.6. The highest BCUT2D eigenvalue weighted by Gasteiger charge is 2.21. The molecule has 1 amide bonds. The van der Waals surface area contributed by atoms with Gasteiger partial charge < -0.3 is 15.5 Å². The van der Waals surface area contributed by atoms with Crippen LogP contribution in [0.3, 0.4) is 0 Å². The van der Waals surface area contributed by atoms with E-state index in [4.69, 9.17) is 0 Å². The van der Waals surface area contributed by atoms with Gasteiger partial charge in [0, 0.05) is 38.2 Å². The van der Waals surface area contributed by atoms with Crippen molar-refractivity contribution in [3.63, 3.8) is 0 Å². The van der Waals surface area contributed by atoms with E-state index < -0.39 is 11.9 Å². The highest BCUT2D eigenvalue weighted by molar-refractivity contribution is 5.99. The van der Waals surface area contributed by atoms with Gasteiger partial charge in [0.1, 0.15) is 5.78 Å². The SMILES string of the molecule is C.CCC(=O)C(CC(C)=O)NC(=O)c1ccc(N(C)Cc2cnc3nc(NC)[nH]c(=O)c3n2)cc1. The summed E-state index contributed by atoms with van der Waals surface area (Å²) in [5.41, 5.74) is 1.77. The standard InChI is InChI=1S/C23H27N7O4.CH4/c1-5-18(32)17(10-13(2)31)27-21(33)14-6-8-16(9-7-14)30(4)12-15-11-25-20-19(26-15)22(34)29-23(24-3)28-20;/h6-9,11,17H,5,10,12H2,1-4H3,(H,27,33)(H2,24,25,28,29,34);1H4. The van der Waals surface area contributed by atoms with Crippen molar-refractivity contribution in [2.75, 3.05) is 24.3 Å². The number of nitrogens with zero attached hydrogens (tertiary/aromatic N) is 4. The van der Waals surface area contributed by atoms with Crippen LogP contribution in [0.2, 0.25) is 0 Å². The van der Waals surface area contributed by atoms with E-state index in [0.29, 0.717) is 23.8 Å². The number of benzene rings is 1. The van der Waals surface area contributed by atoms with E-state index in [1.165, 1.54) is 6.92 Å². The normalized spacial score (nSPS) is 11.3. The quantitative estimate of drug-likeness (QED) is 0.395. The zero-order valence-corrected chi connectivity index (χ0v) is 19.5. The minimum Gasteiger partial charge on any atom is -0.369 e. The molecule has 0 bridgehead atoms. The number of fused-ring (bicyclic) bond motifs is 1. The van der Waals surface area contributed by atoms with Gasteiger partial charge in [0.2, 0.25) is 5.95 Å². The molecular formula is C24H31N7O4. The summed E-state index contributed by atoms with van der Waals surface area (Å²) < 4.78 is 0. The minimum absolute atomic E-state index is 0. The van der Waals surface area contributed by atoms with Crippen molar-refractivity contribution in [1.29, 1.82) is 0 Å². The van der Waals surface area contributed by atoms with Crippen molar-refractivity contribution < 1.29 is 14.4 Å². The van der Waals surface area contributed by atoms with Crippen molar-refractivity contribution >= 4 is 40.3 Å². The molecule has 3 aromatic rings. The molecular weight excluding hydrogens is 450 g/mol. The number of aromatic nitrogens is 4. The second-order valence-electron chi connectivity index (χ2n) is 7.85. The number of rotatable bonds is 10. The van der Waals surface area contributed by atoms with Crippen LogP contribution in [0.25, 0.3) is 11.2 Å². The van der Waals surface area contributed by atoms with Gasteiger partial charge in [-0.25, -0.2) is 9.97 Å². The summed E-state index contributed by atoms with van der Waals surface area (Å²) in [5, 5.41) is 5.41. The van der Waals surface area contributed by atoms with Crippen molar-refractivity contribution in [3.8, 4) is 0 Å². The number of ketones is 2. The van der Waals surface area contributed by atoms with Crippen LogP contribution in [0.15, 0.2) is 35.3 Å². The van der Waals surface area contributed by atoms with Crippen LogP contribution in [0.4, 0.5) is 11.6 Å². The van der Waals surface area contributed by atoms with E-state index in [2.05, 4.69) is 30.6 Å². The van der Waals surface area contributed by atoms with Crippen LogP contribution >= 0.6 is 0 Å². The number of anilines is 2. The molecule has 1 unspecified atom stereocenters. The minimum atomic E-state index is -0.828. The molecule has 2 aromatic heterocycles. The van der Waals surface area contributed by atoms with E-state index in [1.807, 2.05) is 11.9 Å². The topological polar surface area (TPSA) is 150 Å². The molecule has 0 aliphatic carbocycles. The van der Waals surface area contributed by atoms with Crippen LogP contribution in [-0.2, 0) is 16.1 Å². The number of amides is 1. The summed E-state index contributed by atoms with van der Waals surface area (Å²) in [6.07, 6.45) is 1.77. The molecule has 1 atom stereocenters. The zero-order valence-electron chi connectivity index (χ0n) is 19.5. The van der Waals surface area contributed by atoms with Crippen molar-refractivity contribution in [3.05, 3.63) is 52.1 Å². The van der Waals surface area contributed by atoms with Gasteiger partial charge in [-0.1, -0.05) is 14.4 Å². The summed E-state index contributed by atoms with van der Waals surface area (Å²) in [5.74, 6) is -0.462. The molecule has 0 saturated heterocycles. The summed E-state index contributed by atoms with van der Waals surface area (Å²) in [7, 11) is 3.49.